The summed E-state index contributed by atoms with van der Waals surface area (Å²) in [5.41, 5.74) is 0. The van der Waals surface area contributed by atoms with Crippen LogP contribution in [0.5, 0.6) is 0 Å². The van der Waals surface area contributed by atoms with Crippen LogP contribution < -0.4 is 0 Å². The lowest BCUT2D eigenvalue weighted by molar-refractivity contribution is -0.141. The number of carbonyl (C=O) groups excluding carboxylic acids is 1. The van der Waals surface area contributed by atoms with Crippen molar-refractivity contribution in [1.82, 2.24) is 0 Å². The zero-order chi connectivity index (χ0) is 8.69. The maximum Gasteiger partial charge on any atom is 0.306 e. The summed E-state index contributed by atoms with van der Waals surface area (Å²) in [6.07, 6.45) is 4.38. The van der Waals surface area contributed by atoms with E-state index in [0.29, 0.717) is 6.42 Å². The lowest BCUT2D eigenvalue weighted by Gasteiger charge is -2.08. The number of carbonyl (C=O) groups is 1. The molecule has 0 bridgehead atoms. The minimum absolute atomic E-state index is 0.150. The van der Waals surface area contributed by atoms with Gasteiger partial charge in [-0.05, 0) is 12.3 Å². The van der Waals surface area contributed by atoms with Crippen molar-refractivity contribution in [2.45, 2.75) is 26.2 Å². The maximum absolute atomic E-state index is 10.8. The van der Waals surface area contributed by atoms with Gasteiger partial charge in [-0.3, -0.25) is 4.79 Å². The second-order valence-corrected chi connectivity index (χ2v) is 2.56. The third-order valence-electron chi connectivity index (χ3n) is 1.65. The number of hydrogen-bond donors (Lipinski definition) is 0. The van der Waals surface area contributed by atoms with E-state index in [-0.39, 0.29) is 11.9 Å². The summed E-state index contributed by atoms with van der Waals surface area (Å²) in [5, 5.41) is 0. The topological polar surface area (TPSA) is 26.3 Å². The molecule has 2 heteroatoms. The molecule has 0 heterocycles. The fraction of sp³-hybridized carbons (Fsp3) is 0.667. The van der Waals surface area contributed by atoms with E-state index in [1.165, 1.54) is 7.11 Å². The van der Waals surface area contributed by atoms with Crippen LogP contribution in [0.15, 0.2) is 12.7 Å². The van der Waals surface area contributed by atoms with Crippen LogP contribution in [0.25, 0.3) is 0 Å². The van der Waals surface area contributed by atoms with Crippen molar-refractivity contribution >= 4 is 5.97 Å². The van der Waals surface area contributed by atoms with Crippen molar-refractivity contribution in [3.63, 3.8) is 0 Å². The van der Waals surface area contributed by atoms with Crippen molar-refractivity contribution in [3.05, 3.63) is 12.7 Å². The number of ether oxygens (including phenoxy) is 1. The van der Waals surface area contributed by atoms with Crippen LogP contribution in [0.1, 0.15) is 26.2 Å². The average Bonchev–Trinajstić information content (AvgIpc) is 2.03. The molecule has 0 saturated heterocycles. The minimum Gasteiger partial charge on any atom is -0.469 e. The van der Waals surface area contributed by atoms with Crippen LogP contribution in [0, 0.1) is 5.92 Å². The van der Waals surface area contributed by atoms with E-state index < -0.39 is 0 Å². The third kappa shape index (κ3) is 4.59. The van der Waals surface area contributed by atoms with Crippen molar-refractivity contribution in [2.24, 2.45) is 5.92 Å². The Labute approximate surface area is 68.2 Å². The Kier molecular flexibility index (Phi) is 5.53. The number of allylic oxidation sites excluding steroid dienone is 1. The van der Waals surface area contributed by atoms with E-state index in [2.05, 4.69) is 18.2 Å². The highest BCUT2D eigenvalue weighted by Crippen LogP contribution is 2.12. The van der Waals surface area contributed by atoms with Crippen LogP contribution in [0.3, 0.4) is 0 Å². The summed E-state index contributed by atoms with van der Waals surface area (Å²) in [7, 11) is 1.41. The van der Waals surface area contributed by atoms with Crippen LogP contribution in [-0.4, -0.2) is 13.1 Å². The zero-order valence-corrected chi connectivity index (χ0v) is 7.30. The Morgan fingerprint density at radius 2 is 2.36 bits per heavy atom. The van der Waals surface area contributed by atoms with Crippen LogP contribution in [0.2, 0.25) is 0 Å². The molecule has 0 rings (SSSR count). The van der Waals surface area contributed by atoms with Gasteiger partial charge in [0.15, 0.2) is 0 Å². The van der Waals surface area contributed by atoms with Crippen LogP contribution in [0.4, 0.5) is 0 Å². The van der Waals surface area contributed by atoms with Gasteiger partial charge < -0.3 is 4.74 Å². The minimum atomic E-state index is -0.150. The number of methoxy groups -OCH3 is 1. The molecule has 0 aromatic heterocycles. The molecule has 0 fully saturated rings. The molecule has 0 spiro atoms. The first-order valence-electron chi connectivity index (χ1n) is 3.94. The summed E-state index contributed by atoms with van der Waals surface area (Å²) in [4.78, 5) is 10.8. The standard InChI is InChI=1S/C9H16O2/c1-4-6-8(5-2)7-9(10)11-3/h5,8H,2,4,6-7H2,1,3H3. The van der Waals surface area contributed by atoms with Gasteiger partial charge in [-0.2, -0.15) is 0 Å². The molecule has 11 heavy (non-hydrogen) atoms. The predicted octanol–water partition coefficient (Wildman–Crippen LogP) is 2.15. The summed E-state index contributed by atoms with van der Waals surface area (Å²) in [6.45, 7) is 5.75. The molecule has 0 aliphatic heterocycles. The van der Waals surface area contributed by atoms with Crippen molar-refractivity contribution < 1.29 is 9.53 Å². The highest BCUT2D eigenvalue weighted by atomic mass is 16.5. The molecule has 0 radical (unpaired) electrons. The second kappa shape index (κ2) is 5.96. The fourth-order valence-electron chi connectivity index (χ4n) is 0.971. The number of esters is 1. The summed E-state index contributed by atoms with van der Waals surface area (Å²) in [6, 6.07) is 0. The van der Waals surface area contributed by atoms with E-state index in [9.17, 15) is 4.79 Å². The van der Waals surface area contributed by atoms with Crippen LogP contribution >= 0.6 is 0 Å². The van der Waals surface area contributed by atoms with Gasteiger partial charge in [-0.25, -0.2) is 0 Å². The first-order chi connectivity index (χ1) is 5.24. The molecule has 1 atom stereocenters. The molecule has 0 saturated carbocycles. The highest BCUT2D eigenvalue weighted by Gasteiger charge is 2.08. The lowest BCUT2D eigenvalue weighted by atomic mass is 10.0. The van der Waals surface area contributed by atoms with E-state index in [1.54, 1.807) is 0 Å². The summed E-state index contributed by atoms with van der Waals surface area (Å²) in [5.74, 6) is 0.135. The monoisotopic (exact) mass is 156 g/mol. The van der Waals surface area contributed by atoms with Gasteiger partial charge in [0.25, 0.3) is 0 Å². The fourth-order valence-corrected chi connectivity index (χ4v) is 0.971. The molecule has 0 N–H and O–H groups in total. The Morgan fingerprint density at radius 3 is 2.73 bits per heavy atom. The van der Waals surface area contributed by atoms with Gasteiger partial charge in [-0.15, -0.1) is 6.58 Å². The number of hydrogen-bond acceptors (Lipinski definition) is 2. The molecular weight excluding hydrogens is 140 g/mol. The van der Waals surface area contributed by atoms with Crippen molar-refractivity contribution in [2.75, 3.05) is 7.11 Å². The Morgan fingerprint density at radius 1 is 1.73 bits per heavy atom. The van der Waals surface area contributed by atoms with Crippen molar-refractivity contribution in [1.29, 1.82) is 0 Å². The van der Waals surface area contributed by atoms with Gasteiger partial charge in [0.1, 0.15) is 0 Å². The van der Waals surface area contributed by atoms with Gasteiger partial charge >= 0.3 is 5.97 Å². The maximum atomic E-state index is 10.8. The van der Waals surface area contributed by atoms with Gasteiger partial charge in [0.2, 0.25) is 0 Å². The first kappa shape index (κ1) is 10.2. The molecule has 0 aliphatic rings. The average molecular weight is 156 g/mol. The smallest absolute Gasteiger partial charge is 0.306 e. The molecule has 64 valence electrons. The van der Waals surface area contributed by atoms with Gasteiger partial charge in [0.05, 0.1) is 13.5 Å². The van der Waals surface area contributed by atoms with E-state index >= 15 is 0 Å². The first-order valence-corrected chi connectivity index (χ1v) is 3.94. The van der Waals surface area contributed by atoms with Crippen LogP contribution in [-0.2, 0) is 9.53 Å². The number of rotatable bonds is 5. The van der Waals surface area contributed by atoms with Crippen molar-refractivity contribution in [3.8, 4) is 0 Å². The van der Waals surface area contributed by atoms with Gasteiger partial charge in [0, 0.05) is 0 Å². The van der Waals surface area contributed by atoms with E-state index in [4.69, 9.17) is 0 Å². The largest absolute Gasteiger partial charge is 0.469 e. The third-order valence-corrected chi connectivity index (χ3v) is 1.65. The quantitative estimate of drug-likeness (QED) is 0.450. The molecule has 0 aliphatic carbocycles. The second-order valence-electron chi connectivity index (χ2n) is 2.56. The molecular formula is C9H16O2. The molecule has 2 nitrogen and oxygen atoms in total. The molecule has 0 aromatic carbocycles. The molecule has 1 unspecified atom stereocenters. The highest BCUT2D eigenvalue weighted by molar-refractivity contribution is 5.69. The van der Waals surface area contributed by atoms with E-state index in [0.717, 1.165) is 12.8 Å². The van der Waals surface area contributed by atoms with E-state index in [1.807, 2.05) is 6.08 Å². The Hall–Kier alpha value is -0.790. The molecule has 0 amide bonds. The normalized spacial score (nSPS) is 12.2. The Balaban J connectivity index is 3.67. The Bertz CT molecular complexity index is 130. The summed E-state index contributed by atoms with van der Waals surface area (Å²) < 4.78 is 4.54. The molecule has 0 aromatic rings. The SMILES string of the molecule is C=CC(CCC)CC(=O)OC. The van der Waals surface area contributed by atoms with Gasteiger partial charge in [-0.1, -0.05) is 19.4 Å². The lowest BCUT2D eigenvalue weighted by Crippen LogP contribution is -2.07. The predicted molar refractivity (Wildman–Crippen MR) is 45.2 cm³/mol. The summed E-state index contributed by atoms with van der Waals surface area (Å²) >= 11 is 0. The zero-order valence-electron chi connectivity index (χ0n) is 7.30.